The molecule has 0 spiro atoms. The van der Waals surface area contributed by atoms with E-state index in [-0.39, 0.29) is 20.7 Å². The Morgan fingerprint density at radius 2 is 1.77 bits per heavy atom. The summed E-state index contributed by atoms with van der Waals surface area (Å²) in [6, 6.07) is 11.1. The van der Waals surface area contributed by atoms with Crippen molar-refractivity contribution in [3.05, 3.63) is 53.6 Å². The third-order valence-corrected chi connectivity index (χ3v) is 4.33. The molecule has 2 aromatic rings. The van der Waals surface area contributed by atoms with Gasteiger partial charge in [0.2, 0.25) is 0 Å². The van der Waals surface area contributed by atoms with Crippen LogP contribution < -0.4 is 15.3 Å². The third-order valence-electron chi connectivity index (χ3n) is 2.97. The van der Waals surface area contributed by atoms with Crippen LogP contribution in [-0.2, 0) is 10.9 Å². The van der Waals surface area contributed by atoms with Gasteiger partial charge >= 0.3 is 6.18 Å². The molecule has 22 heavy (non-hydrogen) atoms. The van der Waals surface area contributed by atoms with Crippen molar-refractivity contribution in [2.45, 2.75) is 13.1 Å². The Bertz CT molecular complexity index is 642. The molecule has 6 heteroatoms. The van der Waals surface area contributed by atoms with Gasteiger partial charge in [0, 0.05) is 12.4 Å². The number of aryl methyl sites for hydroxylation is 1. The molecule has 2 aromatic carbocycles. The number of methoxy groups -OCH3 is 1. The maximum Gasteiger partial charge on any atom is 0.417 e. The van der Waals surface area contributed by atoms with E-state index < -0.39 is 11.7 Å². The number of benzene rings is 2. The monoisotopic (exact) mass is 328 g/mol. The van der Waals surface area contributed by atoms with E-state index in [1.54, 1.807) is 12.1 Å². The Balaban J connectivity index is 2.37. The minimum atomic E-state index is -4.36. The van der Waals surface area contributed by atoms with Gasteiger partial charge in [-0.05, 0) is 30.4 Å². The summed E-state index contributed by atoms with van der Waals surface area (Å²) >= 11 is 0. The normalized spacial score (nSPS) is 12.0. The van der Waals surface area contributed by atoms with Gasteiger partial charge in [0.25, 0.3) is 0 Å². The number of ether oxygens (including phenoxy) is 2. The highest BCUT2D eigenvalue weighted by Crippen LogP contribution is 2.32. The molecule has 0 aromatic heterocycles. The van der Waals surface area contributed by atoms with Gasteiger partial charge in [0.15, 0.2) is 6.79 Å². The lowest BCUT2D eigenvalue weighted by atomic mass is 10.2. The number of hydrogen-bond donors (Lipinski definition) is 0. The summed E-state index contributed by atoms with van der Waals surface area (Å²) in [5.74, 6) is 0.544. The molecule has 0 amide bonds. The SMILES string of the molecule is COCOc1ccc(C)cc1Pc1ccccc1C(F)(F)F. The summed E-state index contributed by atoms with van der Waals surface area (Å²) in [4.78, 5) is 0. The van der Waals surface area contributed by atoms with Crippen molar-refractivity contribution in [2.24, 2.45) is 0 Å². The molecule has 0 fully saturated rings. The highest BCUT2D eigenvalue weighted by molar-refractivity contribution is 7.55. The molecule has 0 bridgehead atoms. The third kappa shape index (κ3) is 4.21. The minimum Gasteiger partial charge on any atom is -0.467 e. The van der Waals surface area contributed by atoms with Crippen LogP contribution in [0.3, 0.4) is 0 Å². The maximum atomic E-state index is 13.1. The van der Waals surface area contributed by atoms with Gasteiger partial charge in [-0.2, -0.15) is 13.2 Å². The molecule has 2 nitrogen and oxygen atoms in total. The van der Waals surface area contributed by atoms with Crippen LogP contribution in [0.5, 0.6) is 5.75 Å². The number of rotatable bonds is 5. The molecule has 2 rings (SSSR count). The molecule has 0 aliphatic carbocycles. The quantitative estimate of drug-likeness (QED) is 0.616. The second kappa shape index (κ2) is 7.12. The van der Waals surface area contributed by atoms with E-state index in [0.717, 1.165) is 16.9 Å². The van der Waals surface area contributed by atoms with Crippen molar-refractivity contribution >= 4 is 19.2 Å². The lowest BCUT2D eigenvalue weighted by Crippen LogP contribution is -2.18. The summed E-state index contributed by atoms with van der Waals surface area (Å²) in [5.41, 5.74) is 0.365. The number of alkyl halides is 3. The van der Waals surface area contributed by atoms with E-state index >= 15 is 0 Å². The van der Waals surface area contributed by atoms with Crippen molar-refractivity contribution in [1.29, 1.82) is 0 Å². The van der Waals surface area contributed by atoms with Crippen molar-refractivity contribution < 1.29 is 22.6 Å². The van der Waals surface area contributed by atoms with Gasteiger partial charge < -0.3 is 9.47 Å². The summed E-state index contributed by atoms with van der Waals surface area (Å²) < 4.78 is 49.6. The fraction of sp³-hybridized carbons (Fsp3) is 0.250. The predicted molar refractivity (Wildman–Crippen MR) is 82.7 cm³/mol. The lowest BCUT2D eigenvalue weighted by Gasteiger charge is -2.15. The Morgan fingerprint density at radius 1 is 1.05 bits per heavy atom. The zero-order chi connectivity index (χ0) is 16.2. The van der Waals surface area contributed by atoms with Crippen LogP contribution in [0.2, 0.25) is 0 Å². The Labute approximate surface area is 129 Å². The van der Waals surface area contributed by atoms with Crippen molar-refractivity contribution in [2.75, 3.05) is 13.9 Å². The van der Waals surface area contributed by atoms with Crippen molar-refractivity contribution in [3.8, 4) is 5.75 Å². The summed E-state index contributed by atoms with van der Waals surface area (Å²) in [5, 5.41) is 0.983. The largest absolute Gasteiger partial charge is 0.467 e. The zero-order valence-electron chi connectivity index (χ0n) is 12.2. The standard InChI is InChI=1S/C16H16F3O2P/c1-11-7-8-13(21-10-20-2)15(9-11)22-14-6-4-3-5-12(14)16(17,18)19/h3-9,22H,10H2,1-2H3. The maximum absolute atomic E-state index is 13.1. The first-order valence-electron chi connectivity index (χ1n) is 6.57. The molecule has 1 atom stereocenters. The van der Waals surface area contributed by atoms with Crippen LogP contribution in [-0.4, -0.2) is 13.9 Å². The molecule has 0 saturated carbocycles. The van der Waals surface area contributed by atoms with E-state index in [1.807, 2.05) is 19.1 Å². The Morgan fingerprint density at radius 3 is 2.45 bits per heavy atom. The summed E-state index contributed by atoms with van der Waals surface area (Å²) in [6.45, 7) is 1.95. The minimum absolute atomic E-state index is 0.0570. The van der Waals surface area contributed by atoms with E-state index in [4.69, 9.17) is 9.47 Å². The molecular formula is C16H16F3O2P. The van der Waals surface area contributed by atoms with Crippen LogP contribution in [0.4, 0.5) is 13.2 Å². The molecule has 1 unspecified atom stereocenters. The van der Waals surface area contributed by atoms with Crippen LogP contribution in [0.25, 0.3) is 0 Å². The van der Waals surface area contributed by atoms with Gasteiger partial charge in [-0.1, -0.05) is 38.4 Å². The predicted octanol–water partition coefficient (Wildman–Crippen LogP) is 3.63. The Kier molecular flexibility index (Phi) is 5.43. The first-order chi connectivity index (χ1) is 10.4. The molecule has 0 aliphatic rings. The fourth-order valence-corrected chi connectivity index (χ4v) is 3.38. The molecule has 118 valence electrons. The lowest BCUT2D eigenvalue weighted by molar-refractivity contribution is -0.136. The second-order valence-electron chi connectivity index (χ2n) is 4.72. The van der Waals surface area contributed by atoms with Crippen LogP contribution in [0, 0.1) is 6.92 Å². The molecular weight excluding hydrogens is 312 g/mol. The Hall–Kier alpha value is -1.58. The van der Waals surface area contributed by atoms with E-state index in [9.17, 15) is 13.2 Å². The first-order valence-corrected chi connectivity index (χ1v) is 7.57. The number of halogens is 3. The highest BCUT2D eigenvalue weighted by Gasteiger charge is 2.33. The van der Waals surface area contributed by atoms with Crippen LogP contribution in [0.15, 0.2) is 42.5 Å². The molecule has 0 N–H and O–H groups in total. The van der Waals surface area contributed by atoms with Crippen molar-refractivity contribution in [1.82, 2.24) is 0 Å². The van der Waals surface area contributed by atoms with E-state index in [2.05, 4.69) is 0 Å². The highest BCUT2D eigenvalue weighted by atomic mass is 31.1. The van der Waals surface area contributed by atoms with Crippen LogP contribution >= 0.6 is 8.58 Å². The average molecular weight is 328 g/mol. The van der Waals surface area contributed by atoms with Gasteiger partial charge in [-0.25, -0.2) is 0 Å². The summed E-state index contributed by atoms with van der Waals surface area (Å²) in [6.07, 6.45) is -4.36. The molecule has 0 radical (unpaired) electrons. The van der Waals surface area contributed by atoms with E-state index in [0.29, 0.717) is 5.75 Å². The first kappa shape index (κ1) is 16.8. The summed E-state index contributed by atoms with van der Waals surface area (Å²) in [7, 11) is 1.35. The van der Waals surface area contributed by atoms with E-state index in [1.165, 1.54) is 19.2 Å². The van der Waals surface area contributed by atoms with Gasteiger partial charge in [-0.3, -0.25) is 0 Å². The second-order valence-corrected chi connectivity index (χ2v) is 6.05. The van der Waals surface area contributed by atoms with Crippen LogP contribution in [0.1, 0.15) is 11.1 Å². The van der Waals surface area contributed by atoms with Gasteiger partial charge in [0.1, 0.15) is 5.75 Å². The molecule has 0 saturated heterocycles. The number of hydrogen-bond acceptors (Lipinski definition) is 2. The van der Waals surface area contributed by atoms with Crippen molar-refractivity contribution in [3.63, 3.8) is 0 Å². The average Bonchev–Trinajstić information content (AvgIpc) is 2.46. The van der Waals surface area contributed by atoms with Gasteiger partial charge in [0.05, 0.1) is 5.56 Å². The molecule has 0 heterocycles. The molecule has 0 aliphatic heterocycles. The topological polar surface area (TPSA) is 18.5 Å². The fourth-order valence-electron chi connectivity index (χ4n) is 1.97. The zero-order valence-corrected chi connectivity index (χ0v) is 13.2. The van der Waals surface area contributed by atoms with Gasteiger partial charge in [-0.15, -0.1) is 0 Å². The smallest absolute Gasteiger partial charge is 0.417 e.